The Balaban J connectivity index is 1.75. The van der Waals surface area contributed by atoms with Crippen LogP contribution in [0.15, 0.2) is 48.7 Å². The van der Waals surface area contributed by atoms with E-state index in [1.807, 2.05) is 0 Å². The van der Waals surface area contributed by atoms with Gasteiger partial charge in [-0.15, -0.1) is 0 Å². The van der Waals surface area contributed by atoms with Gasteiger partial charge >= 0.3 is 10.5 Å². The molecule has 1 N–H and O–H groups in total. The Morgan fingerprint density at radius 1 is 1.04 bits per heavy atom. The summed E-state index contributed by atoms with van der Waals surface area (Å²) in [5, 5.41) is 6.41. The highest BCUT2D eigenvalue weighted by Crippen LogP contribution is 2.25. The molecule has 3 rings (SSSR count). The lowest BCUT2D eigenvalue weighted by Crippen LogP contribution is -2.03. The van der Waals surface area contributed by atoms with Crippen LogP contribution in [0.5, 0.6) is 11.5 Å². The maximum Gasteiger partial charge on any atom is 0.488 e. The van der Waals surface area contributed by atoms with Crippen molar-refractivity contribution in [2.24, 2.45) is 0 Å². The number of H-pyrrole nitrogens is 1. The minimum absolute atomic E-state index is 0.0266. The predicted octanol–water partition coefficient (Wildman–Crippen LogP) is 3.53. The predicted molar refractivity (Wildman–Crippen MR) is 85.4 cm³/mol. The van der Waals surface area contributed by atoms with Gasteiger partial charge in [0.15, 0.2) is 11.6 Å². The molecule has 3 aromatic rings. The summed E-state index contributed by atoms with van der Waals surface area (Å²) in [5.74, 6) is -2.11. The molecule has 0 aliphatic carbocycles. The Labute approximate surface area is 146 Å². The summed E-state index contributed by atoms with van der Waals surface area (Å²) in [6, 6.07) is 8.97. The first-order valence-electron chi connectivity index (χ1n) is 7.16. The molecule has 0 unspecified atom stereocenters. The first-order chi connectivity index (χ1) is 12.3. The molecule has 1 heterocycles. The number of aromatic nitrogens is 2. The third-order valence-corrected chi connectivity index (χ3v) is 3.72. The number of hydrogen-bond acceptors (Lipinski definition) is 5. The molecule has 0 amide bonds. The molecule has 10 heteroatoms. The lowest BCUT2D eigenvalue weighted by molar-refractivity contribution is 0.297. The van der Waals surface area contributed by atoms with Gasteiger partial charge in [0.2, 0.25) is 0 Å². The average Bonchev–Trinajstić information content (AvgIpc) is 3.10. The van der Waals surface area contributed by atoms with Crippen molar-refractivity contribution in [3.05, 3.63) is 65.9 Å². The van der Waals surface area contributed by atoms with Crippen molar-refractivity contribution in [3.8, 4) is 22.8 Å². The zero-order valence-corrected chi connectivity index (χ0v) is 13.8. The van der Waals surface area contributed by atoms with Gasteiger partial charge in [0, 0.05) is 17.3 Å². The van der Waals surface area contributed by atoms with E-state index in [9.17, 15) is 21.1 Å². The Morgan fingerprint density at radius 2 is 1.73 bits per heavy atom. The monoisotopic (exact) mass is 384 g/mol. The molecule has 0 spiro atoms. The number of rotatable bonds is 6. The number of ether oxygens (including phenoxy) is 1. The summed E-state index contributed by atoms with van der Waals surface area (Å²) in [5.41, 5.74) is 0.886. The van der Waals surface area contributed by atoms with Crippen molar-refractivity contribution in [1.82, 2.24) is 10.2 Å². The fourth-order valence-electron chi connectivity index (χ4n) is 2.19. The minimum atomic E-state index is -5.12. The fraction of sp³-hybridized carbons (Fsp3) is 0.0625. The molecule has 0 radical (unpaired) electrons. The van der Waals surface area contributed by atoms with Crippen molar-refractivity contribution in [1.29, 1.82) is 0 Å². The molecule has 0 fully saturated rings. The number of nitrogens with zero attached hydrogens (tertiary/aromatic N) is 1. The Bertz CT molecular complexity index is 1010. The second-order valence-electron chi connectivity index (χ2n) is 5.14. The summed E-state index contributed by atoms with van der Waals surface area (Å²) in [4.78, 5) is 0. The van der Waals surface area contributed by atoms with Gasteiger partial charge in [0.05, 0.1) is 5.69 Å². The third kappa shape index (κ3) is 4.33. The molecule has 0 bridgehead atoms. The van der Waals surface area contributed by atoms with Crippen LogP contribution in [-0.4, -0.2) is 18.6 Å². The molecule has 0 aliphatic rings. The van der Waals surface area contributed by atoms with Crippen LogP contribution in [0.1, 0.15) is 5.56 Å². The normalized spacial score (nSPS) is 11.3. The van der Waals surface area contributed by atoms with Crippen LogP contribution < -0.4 is 8.92 Å². The second-order valence-corrected chi connectivity index (χ2v) is 6.09. The van der Waals surface area contributed by atoms with E-state index >= 15 is 0 Å². The number of nitrogens with one attached hydrogen (secondary N) is 1. The molecule has 2 aromatic carbocycles. The quantitative estimate of drug-likeness (QED) is 0.658. The number of halogens is 3. The van der Waals surface area contributed by atoms with Crippen LogP contribution in [0.2, 0.25) is 0 Å². The second kappa shape index (κ2) is 7.08. The SMILES string of the molecule is O=S(=O)(F)Oc1ccc(OCc2cc(-c3ccn[nH]3)cc(F)c2F)cc1. The fourth-order valence-corrected chi connectivity index (χ4v) is 2.53. The van der Waals surface area contributed by atoms with Crippen molar-refractivity contribution >= 4 is 10.5 Å². The molecule has 136 valence electrons. The van der Waals surface area contributed by atoms with Crippen molar-refractivity contribution < 1.29 is 30.0 Å². The van der Waals surface area contributed by atoms with E-state index in [-0.39, 0.29) is 23.7 Å². The highest BCUT2D eigenvalue weighted by Gasteiger charge is 2.14. The van der Waals surface area contributed by atoms with Gasteiger partial charge in [-0.2, -0.15) is 13.5 Å². The van der Waals surface area contributed by atoms with Gasteiger partial charge in [-0.3, -0.25) is 5.10 Å². The van der Waals surface area contributed by atoms with E-state index in [1.54, 1.807) is 6.07 Å². The largest absolute Gasteiger partial charge is 0.489 e. The summed E-state index contributed by atoms with van der Waals surface area (Å²) < 4.78 is 70.4. The Hall–Kier alpha value is -3.01. The molecule has 0 saturated heterocycles. The molecule has 6 nitrogen and oxygen atoms in total. The third-order valence-electron chi connectivity index (χ3n) is 3.33. The lowest BCUT2D eigenvalue weighted by Gasteiger charge is -2.10. The highest BCUT2D eigenvalue weighted by molar-refractivity contribution is 7.81. The zero-order valence-electron chi connectivity index (χ0n) is 12.9. The van der Waals surface area contributed by atoms with E-state index < -0.39 is 22.1 Å². The maximum absolute atomic E-state index is 14.0. The van der Waals surface area contributed by atoms with E-state index in [2.05, 4.69) is 14.4 Å². The lowest BCUT2D eigenvalue weighted by atomic mass is 10.1. The van der Waals surface area contributed by atoms with E-state index in [0.29, 0.717) is 11.3 Å². The van der Waals surface area contributed by atoms with Gasteiger partial charge in [-0.25, -0.2) is 8.78 Å². The maximum atomic E-state index is 14.0. The standard InChI is InChI=1S/C16H11F3N2O4S/c17-14-8-10(15-5-6-20-21-15)7-11(16(14)18)9-24-12-1-3-13(4-2-12)25-26(19,22)23/h1-8H,9H2,(H,20,21). The highest BCUT2D eigenvalue weighted by atomic mass is 32.3. The number of hydrogen-bond donors (Lipinski definition) is 1. The molecule has 26 heavy (non-hydrogen) atoms. The molecule has 0 atom stereocenters. The van der Waals surface area contributed by atoms with Crippen molar-refractivity contribution in [3.63, 3.8) is 0 Å². The average molecular weight is 384 g/mol. The minimum Gasteiger partial charge on any atom is -0.489 e. The van der Waals surface area contributed by atoms with Crippen LogP contribution in [0.3, 0.4) is 0 Å². The number of aromatic amines is 1. The Morgan fingerprint density at radius 3 is 2.35 bits per heavy atom. The van der Waals surface area contributed by atoms with Gasteiger partial charge in [0.1, 0.15) is 18.1 Å². The molecule has 1 aromatic heterocycles. The van der Waals surface area contributed by atoms with Crippen LogP contribution in [-0.2, 0) is 17.1 Å². The van der Waals surface area contributed by atoms with Crippen LogP contribution in [0.25, 0.3) is 11.3 Å². The summed E-state index contributed by atoms with van der Waals surface area (Å²) >= 11 is 0. The molecular weight excluding hydrogens is 373 g/mol. The number of benzene rings is 2. The van der Waals surface area contributed by atoms with Gasteiger partial charge in [-0.05, 0) is 42.5 Å². The first-order valence-corrected chi connectivity index (χ1v) is 8.47. The Kier molecular flexibility index (Phi) is 4.85. The van der Waals surface area contributed by atoms with Crippen molar-refractivity contribution in [2.45, 2.75) is 6.61 Å². The summed E-state index contributed by atoms with van der Waals surface area (Å²) in [6.45, 7) is -0.285. The van der Waals surface area contributed by atoms with E-state index in [1.165, 1.54) is 24.4 Å². The van der Waals surface area contributed by atoms with Crippen molar-refractivity contribution in [2.75, 3.05) is 0 Å². The van der Waals surface area contributed by atoms with Gasteiger partial charge in [0.25, 0.3) is 0 Å². The molecule has 0 saturated carbocycles. The molecular formula is C16H11F3N2O4S. The summed E-state index contributed by atoms with van der Waals surface area (Å²) in [7, 11) is -5.12. The smallest absolute Gasteiger partial charge is 0.488 e. The molecule has 0 aliphatic heterocycles. The zero-order chi connectivity index (χ0) is 18.7. The van der Waals surface area contributed by atoms with Crippen LogP contribution in [0.4, 0.5) is 12.7 Å². The van der Waals surface area contributed by atoms with Gasteiger partial charge < -0.3 is 8.92 Å². The van der Waals surface area contributed by atoms with E-state index in [4.69, 9.17) is 4.74 Å². The van der Waals surface area contributed by atoms with E-state index in [0.717, 1.165) is 18.2 Å². The van der Waals surface area contributed by atoms with Crippen LogP contribution in [0, 0.1) is 11.6 Å². The topological polar surface area (TPSA) is 81.3 Å². The van der Waals surface area contributed by atoms with Gasteiger partial charge in [-0.1, -0.05) is 3.89 Å². The first kappa shape index (κ1) is 17.8. The summed E-state index contributed by atoms with van der Waals surface area (Å²) in [6.07, 6.45) is 1.48. The van der Waals surface area contributed by atoms with Crippen LogP contribution >= 0.6 is 0 Å².